The Morgan fingerprint density at radius 1 is 1.14 bits per heavy atom. The van der Waals surface area contributed by atoms with Crippen LogP contribution in [-0.4, -0.2) is 26.8 Å². The third-order valence-electron chi connectivity index (χ3n) is 4.82. The number of rotatable bonds is 6. The van der Waals surface area contributed by atoms with Crippen molar-refractivity contribution in [2.45, 2.75) is 39.2 Å². The second-order valence-electron chi connectivity index (χ2n) is 7.09. The number of nitrogens with zero attached hydrogens (tertiary/aromatic N) is 3. The fraction of sp³-hybridized carbons (Fsp3) is 0.273. The minimum atomic E-state index is -0.480. The van der Waals surface area contributed by atoms with Gasteiger partial charge in [0.05, 0.1) is 12.6 Å². The predicted molar refractivity (Wildman–Crippen MR) is 103 cm³/mol. The van der Waals surface area contributed by atoms with Crippen molar-refractivity contribution in [1.29, 1.82) is 0 Å². The van der Waals surface area contributed by atoms with Crippen LogP contribution in [0.5, 0.6) is 5.88 Å². The fourth-order valence-electron chi connectivity index (χ4n) is 2.97. The lowest BCUT2D eigenvalue weighted by atomic mass is 10.0. The Bertz CT molecular complexity index is 1030. The highest BCUT2D eigenvalue weighted by Crippen LogP contribution is 2.30. The zero-order chi connectivity index (χ0) is 19.7. The van der Waals surface area contributed by atoms with Crippen molar-refractivity contribution in [3.8, 4) is 17.0 Å². The van der Waals surface area contributed by atoms with Gasteiger partial charge < -0.3 is 4.74 Å². The van der Waals surface area contributed by atoms with Crippen LogP contribution in [0.2, 0.25) is 0 Å². The first-order valence-corrected chi connectivity index (χ1v) is 9.23. The van der Waals surface area contributed by atoms with E-state index in [1.807, 2.05) is 25.1 Å². The molecular weight excluding hydrogens is 357 g/mol. The van der Waals surface area contributed by atoms with E-state index in [2.05, 4.69) is 15.0 Å². The van der Waals surface area contributed by atoms with Crippen LogP contribution in [0.1, 0.15) is 40.0 Å². The van der Waals surface area contributed by atoms with Crippen molar-refractivity contribution in [2.75, 3.05) is 0 Å². The van der Waals surface area contributed by atoms with Gasteiger partial charge >= 0.3 is 0 Å². The molecule has 3 heterocycles. The van der Waals surface area contributed by atoms with E-state index in [-0.39, 0.29) is 23.9 Å². The standard InChI is InChI=1S/C22H20FN3O2/c1-13-9-26-22(28-17-5-6-17)8-18(13)15-3-4-16(25-10-15)7-21(27)19-11-24-12-20(23)14(19)2/h3-4,8-12,17H,5-7H2,1-2H3. The molecule has 0 amide bonds. The Hall–Kier alpha value is -3.15. The van der Waals surface area contributed by atoms with Gasteiger partial charge in [-0.3, -0.25) is 14.8 Å². The summed E-state index contributed by atoms with van der Waals surface area (Å²) in [4.78, 5) is 25.0. The first-order valence-electron chi connectivity index (χ1n) is 9.23. The van der Waals surface area contributed by atoms with Gasteiger partial charge in [-0.2, -0.15) is 0 Å². The third-order valence-corrected chi connectivity index (χ3v) is 4.82. The van der Waals surface area contributed by atoms with Gasteiger partial charge in [-0.05, 0) is 49.4 Å². The number of ketones is 1. The molecule has 0 atom stereocenters. The maximum Gasteiger partial charge on any atom is 0.214 e. The molecule has 0 bridgehead atoms. The summed E-state index contributed by atoms with van der Waals surface area (Å²) < 4.78 is 19.4. The Labute approximate surface area is 162 Å². The minimum absolute atomic E-state index is 0.0949. The number of hydrogen-bond acceptors (Lipinski definition) is 5. The zero-order valence-electron chi connectivity index (χ0n) is 15.8. The maximum absolute atomic E-state index is 13.6. The highest BCUT2D eigenvalue weighted by Gasteiger charge is 2.24. The number of aromatic nitrogens is 3. The molecule has 1 aliphatic rings. The molecule has 28 heavy (non-hydrogen) atoms. The van der Waals surface area contributed by atoms with Crippen LogP contribution < -0.4 is 4.74 Å². The summed E-state index contributed by atoms with van der Waals surface area (Å²) in [5.74, 6) is -0.0621. The number of aryl methyl sites for hydroxylation is 1. The Morgan fingerprint density at radius 2 is 1.96 bits per heavy atom. The second kappa shape index (κ2) is 7.46. The molecule has 0 saturated heterocycles. The summed E-state index contributed by atoms with van der Waals surface area (Å²) in [5.41, 5.74) is 4.18. The molecule has 1 aliphatic carbocycles. The number of halogens is 1. The Balaban J connectivity index is 1.52. The van der Waals surface area contributed by atoms with Crippen LogP contribution >= 0.6 is 0 Å². The quantitative estimate of drug-likeness (QED) is 0.601. The van der Waals surface area contributed by atoms with Gasteiger partial charge in [-0.15, -0.1) is 0 Å². The number of ether oxygens (including phenoxy) is 1. The molecule has 1 fully saturated rings. The topological polar surface area (TPSA) is 65.0 Å². The highest BCUT2D eigenvalue weighted by atomic mass is 19.1. The first kappa shape index (κ1) is 18.2. The zero-order valence-corrected chi connectivity index (χ0v) is 15.8. The monoisotopic (exact) mass is 377 g/mol. The average molecular weight is 377 g/mol. The summed E-state index contributed by atoms with van der Waals surface area (Å²) in [7, 11) is 0. The lowest BCUT2D eigenvalue weighted by Gasteiger charge is -2.10. The molecule has 142 valence electrons. The van der Waals surface area contributed by atoms with Crippen LogP contribution in [0.15, 0.2) is 43.0 Å². The summed E-state index contributed by atoms with van der Waals surface area (Å²) >= 11 is 0. The molecule has 0 aromatic carbocycles. The molecule has 4 rings (SSSR count). The van der Waals surface area contributed by atoms with E-state index in [1.54, 1.807) is 19.3 Å². The second-order valence-corrected chi connectivity index (χ2v) is 7.09. The molecular formula is C22H20FN3O2. The molecule has 0 radical (unpaired) electrons. The van der Waals surface area contributed by atoms with Gasteiger partial charge in [-0.1, -0.05) is 6.07 Å². The lowest BCUT2D eigenvalue weighted by Crippen LogP contribution is -2.08. The van der Waals surface area contributed by atoms with Gasteiger partial charge in [-0.25, -0.2) is 9.37 Å². The molecule has 0 N–H and O–H groups in total. The van der Waals surface area contributed by atoms with Gasteiger partial charge in [0, 0.05) is 41.5 Å². The van der Waals surface area contributed by atoms with Crippen molar-refractivity contribution >= 4 is 5.78 Å². The van der Waals surface area contributed by atoms with Gasteiger partial charge in [0.1, 0.15) is 11.9 Å². The molecule has 3 aromatic heterocycles. The van der Waals surface area contributed by atoms with E-state index in [9.17, 15) is 9.18 Å². The number of carbonyl (C=O) groups is 1. The minimum Gasteiger partial charge on any atom is -0.474 e. The van der Waals surface area contributed by atoms with Crippen molar-refractivity contribution in [1.82, 2.24) is 15.0 Å². The van der Waals surface area contributed by atoms with Crippen LogP contribution in [0.4, 0.5) is 4.39 Å². The number of carbonyl (C=O) groups excluding carboxylic acids is 1. The molecule has 0 spiro atoms. The van der Waals surface area contributed by atoms with Crippen LogP contribution in [0.25, 0.3) is 11.1 Å². The maximum atomic E-state index is 13.6. The Morgan fingerprint density at radius 3 is 2.68 bits per heavy atom. The van der Waals surface area contributed by atoms with E-state index in [0.717, 1.165) is 35.7 Å². The number of Topliss-reactive ketones (excluding diaryl/α,β-unsaturated/α-hetero) is 1. The summed E-state index contributed by atoms with van der Waals surface area (Å²) in [6, 6.07) is 5.67. The van der Waals surface area contributed by atoms with Crippen molar-refractivity contribution in [3.63, 3.8) is 0 Å². The van der Waals surface area contributed by atoms with Crippen molar-refractivity contribution < 1.29 is 13.9 Å². The van der Waals surface area contributed by atoms with E-state index in [1.165, 1.54) is 6.20 Å². The SMILES string of the molecule is Cc1cnc(OC2CC2)cc1-c1ccc(CC(=O)c2cncc(F)c2C)nc1. The molecule has 1 saturated carbocycles. The van der Waals surface area contributed by atoms with Crippen LogP contribution in [0.3, 0.4) is 0 Å². The highest BCUT2D eigenvalue weighted by molar-refractivity contribution is 5.98. The normalized spacial score (nSPS) is 13.4. The average Bonchev–Trinajstić information content (AvgIpc) is 3.50. The molecule has 3 aromatic rings. The van der Waals surface area contributed by atoms with E-state index >= 15 is 0 Å². The smallest absolute Gasteiger partial charge is 0.214 e. The van der Waals surface area contributed by atoms with E-state index in [0.29, 0.717) is 17.1 Å². The molecule has 0 unspecified atom stereocenters. The number of pyridine rings is 3. The predicted octanol–water partition coefficient (Wildman–Crippen LogP) is 4.26. The molecule has 5 nitrogen and oxygen atoms in total. The third kappa shape index (κ3) is 3.91. The summed E-state index contributed by atoms with van der Waals surface area (Å²) in [6.45, 7) is 3.56. The van der Waals surface area contributed by atoms with Crippen molar-refractivity contribution in [2.24, 2.45) is 0 Å². The number of hydrogen-bond donors (Lipinski definition) is 0. The van der Waals surface area contributed by atoms with Crippen molar-refractivity contribution in [3.05, 3.63) is 71.2 Å². The summed E-state index contributed by atoms with van der Waals surface area (Å²) in [6.07, 6.45) is 8.58. The van der Waals surface area contributed by atoms with E-state index < -0.39 is 5.82 Å². The van der Waals surface area contributed by atoms with Gasteiger partial charge in [0.15, 0.2) is 5.78 Å². The van der Waals surface area contributed by atoms with Gasteiger partial charge in [0.25, 0.3) is 0 Å². The first-order chi connectivity index (χ1) is 13.5. The molecule has 0 aliphatic heterocycles. The fourth-order valence-corrected chi connectivity index (χ4v) is 2.97. The van der Waals surface area contributed by atoms with Crippen LogP contribution in [0, 0.1) is 19.7 Å². The lowest BCUT2D eigenvalue weighted by molar-refractivity contribution is 0.0990. The largest absolute Gasteiger partial charge is 0.474 e. The Kier molecular flexibility index (Phi) is 4.86. The van der Waals surface area contributed by atoms with Gasteiger partial charge in [0.2, 0.25) is 5.88 Å². The van der Waals surface area contributed by atoms with Crippen LogP contribution in [-0.2, 0) is 6.42 Å². The molecule has 6 heteroatoms. The van der Waals surface area contributed by atoms with E-state index in [4.69, 9.17) is 4.74 Å². The summed E-state index contributed by atoms with van der Waals surface area (Å²) in [5, 5.41) is 0.